The molecular weight excluding hydrogens is 305 g/mol. The molecule has 2 aromatic rings. The third kappa shape index (κ3) is 4.57. The third-order valence-electron chi connectivity index (χ3n) is 4.29. The molecule has 0 aliphatic heterocycles. The summed E-state index contributed by atoms with van der Waals surface area (Å²) in [6.07, 6.45) is 5.05. The summed E-state index contributed by atoms with van der Waals surface area (Å²) in [5, 5.41) is 2.82. The van der Waals surface area contributed by atoms with Gasteiger partial charge in [-0.05, 0) is 66.6 Å². The van der Waals surface area contributed by atoms with E-state index in [4.69, 9.17) is 4.74 Å². The van der Waals surface area contributed by atoms with Crippen molar-refractivity contribution in [1.29, 1.82) is 0 Å². The first-order valence-corrected chi connectivity index (χ1v) is 8.46. The Labute approximate surface area is 141 Å². The molecule has 126 valence electrons. The van der Waals surface area contributed by atoms with Gasteiger partial charge in [0.15, 0.2) is 0 Å². The van der Waals surface area contributed by atoms with Gasteiger partial charge in [-0.1, -0.05) is 18.2 Å². The number of aryl methyl sites for hydroxylation is 2. The van der Waals surface area contributed by atoms with Crippen molar-refractivity contribution in [3.05, 3.63) is 65.0 Å². The van der Waals surface area contributed by atoms with Crippen LogP contribution in [0.4, 0.5) is 4.39 Å². The Morgan fingerprint density at radius 1 is 1.04 bits per heavy atom. The monoisotopic (exact) mass is 327 g/mol. The first-order chi connectivity index (χ1) is 11.7. The van der Waals surface area contributed by atoms with Crippen LogP contribution >= 0.6 is 0 Å². The lowest BCUT2D eigenvalue weighted by atomic mass is 9.92. The van der Waals surface area contributed by atoms with E-state index in [9.17, 15) is 9.18 Å². The van der Waals surface area contributed by atoms with Gasteiger partial charge in [0.1, 0.15) is 18.2 Å². The molecule has 1 N–H and O–H groups in total. The minimum absolute atomic E-state index is 0.0874. The van der Waals surface area contributed by atoms with Crippen LogP contribution in [0.3, 0.4) is 0 Å². The van der Waals surface area contributed by atoms with E-state index in [0.717, 1.165) is 24.2 Å². The zero-order valence-corrected chi connectivity index (χ0v) is 13.7. The number of hydrogen-bond acceptors (Lipinski definition) is 2. The number of carbonyl (C=O) groups is 1. The number of amides is 1. The van der Waals surface area contributed by atoms with Crippen LogP contribution < -0.4 is 10.1 Å². The van der Waals surface area contributed by atoms with E-state index in [1.807, 2.05) is 6.07 Å². The number of benzene rings is 2. The van der Waals surface area contributed by atoms with Crippen molar-refractivity contribution in [3.8, 4) is 5.75 Å². The number of halogens is 1. The van der Waals surface area contributed by atoms with Gasteiger partial charge in [-0.15, -0.1) is 0 Å². The van der Waals surface area contributed by atoms with E-state index in [2.05, 4.69) is 17.4 Å². The molecule has 0 fully saturated rings. The Balaban J connectivity index is 1.40. The van der Waals surface area contributed by atoms with Gasteiger partial charge in [0.2, 0.25) is 5.91 Å². The number of fused-ring (bicyclic) bond motifs is 1. The molecule has 0 spiro atoms. The van der Waals surface area contributed by atoms with Crippen molar-refractivity contribution in [2.24, 2.45) is 0 Å². The fraction of sp³-hybridized carbons (Fsp3) is 0.350. The summed E-state index contributed by atoms with van der Waals surface area (Å²) in [6.45, 7) is 0.894. The second-order valence-corrected chi connectivity index (χ2v) is 6.14. The van der Waals surface area contributed by atoms with Crippen LogP contribution in [-0.2, 0) is 24.1 Å². The van der Waals surface area contributed by atoms with Gasteiger partial charge in [0.25, 0.3) is 0 Å². The van der Waals surface area contributed by atoms with Crippen molar-refractivity contribution in [2.45, 2.75) is 32.1 Å². The lowest BCUT2D eigenvalue weighted by molar-refractivity contribution is -0.120. The maximum atomic E-state index is 12.8. The van der Waals surface area contributed by atoms with Gasteiger partial charge in [0, 0.05) is 0 Å². The first-order valence-electron chi connectivity index (χ1n) is 8.46. The van der Waals surface area contributed by atoms with Crippen molar-refractivity contribution in [2.75, 3.05) is 13.2 Å². The lowest BCUT2D eigenvalue weighted by Gasteiger charge is -2.16. The Bertz CT molecular complexity index is 697. The molecule has 1 aliphatic rings. The van der Waals surface area contributed by atoms with Crippen molar-refractivity contribution in [3.63, 3.8) is 0 Å². The van der Waals surface area contributed by atoms with Gasteiger partial charge >= 0.3 is 0 Å². The number of nitrogens with one attached hydrogen (secondary N) is 1. The average Bonchev–Trinajstić information content (AvgIpc) is 2.60. The molecule has 24 heavy (non-hydrogen) atoms. The number of ether oxygens (including phenoxy) is 1. The van der Waals surface area contributed by atoms with E-state index in [1.165, 1.54) is 36.1 Å². The van der Waals surface area contributed by atoms with Crippen molar-refractivity contribution >= 4 is 5.91 Å². The largest absolute Gasteiger partial charge is 0.492 e. The predicted molar refractivity (Wildman–Crippen MR) is 91.7 cm³/mol. The van der Waals surface area contributed by atoms with Gasteiger partial charge in [-0.2, -0.15) is 0 Å². The molecule has 0 bridgehead atoms. The van der Waals surface area contributed by atoms with E-state index in [1.54, 1.807) is 12.1 Å². The molecule has 0 unspecified atom stereocenters. The highest BCUT2D eigenvalue weighted by Crippen LogP contribution is 2.25. The van der Waals surface area contributed by atoms with Gasteiger partial charge < -0.3 is 10.1 Å². The van der Waals surface area contributed by atoms with Crippen LogP contribution in [-0.4, -0.2) is 19.1 Å². The molecule has 4 heteroatoms. The Hall–Kier alpha value is -2.36. The molecule has 0 atom stereocenters. The minimum atomic E-state index is -0.294. The smallest absolute Gasteiger partial charge is 0.224 e. The van der Waals surface area contributed by atoms with E-state index in [-0.39, 0.29) is 18.1 Å². The SMILES string of the molecule is O=C(Cc1ccc(F)cc1)NCCOc1ccc2c(c1)CCCC2. The van der Waals surface area contributed by atoms with Crippen LogP contribution in [0.1, 0.15) is 29.5 Å². The van der Waals surface area contributed by atoms with Crippen LogP contribution in [0.2, 0.25) is 0 Å². The number of rotatable bonds is 6. The summed E-state index contributed by atoms with van der Waals surface area (Å²) >= 11 is 0. The van der Waals surface area contributed by atoms with Crippen LogP contribution in [0.25, 0.3) is 0 Å². The van der Waals surface area contributed by atoms with E-state index in [0.29, 0.717) is 13.2 Å². The summed E-state index contributed by atoms with van der Waals surface area (Å²) in [7, 11) is 0. The van der Waals surface area contributed by atoms with Crippen LogP contribution in [0.15, 0.2) is 42.5 Å². The maximum Gasteiger partial charge on any atom is 0.224 e. The highest BCUT2D eigenvalue weighted by atomic mass is 19.1. The zero-order valence-electron chi connectivity index (χ0n) is 13.7. The normalized spacial score (nSPS) is 13.2. The maximum absolute atomic E-state index is 12.8. The molecule has 0 heterocycles. The lowest BCUT2D eigenvalue weighted by Crippen LogP contribution is -2.29. The Morgan fingerprint density at radius 3 is 2.58 bits per heavy atom. The summed E-state index contributed by atoms with van der Waals surface area (Å²) in [5.74, 6) is 0.483. The molecule has 1 aliphatic carbocycles. The summed E-state index contributed by atoms with van der Waals surface area (Å²) < 4.78 is 18.5. The van der Waals surface area contributed by atoms with Crippen molar-refractivity contribution < 1.29 is 13.9 Å². The fourth-order valence-corrected chi connectivity index (χ4v) is 3.01. The fourth-order valence-electron chi connectivity index (χ4n) is 3.01. The number of carbonyl (C=O) groups excluding carboxylic acids is 1. The molecule has 0 saturated carbocycles. The minimum Gasteiger partial charge on any atom is -0.492 e. The van der Waals surface area contributed by atoms with Crippen molar-refractivity contribution in [1.82, 2.24) is 5.32 Å². The van der Waals surface area contributed by atoms with Crippen LogP contribution in [0.5, 0.6) is 5.75 Å². The molecular formula is C20H22FNO2. The Morgan fingerprint density at radius 2 is 1.79 bits per heavy atom. The highest BCUT2D eigenvalue weighted by Gasteiger charge is 2.10. The summed E-state index contributed by atoms with van der Waals surface area (Å²) in [4.78, 5) is 11.8. The quantitative estimate of drug-likeness (QED) is 0.826. The number of hydrogen-bond donors (Lipinski definition) is 1. The molecule has 3 rings (SSSR count). The molecule has 0 saturated heterocycles. The predicted octanol–water partition coefficient (Wildman–Crippen LogP) is 3.44. The highest BCUT2D eigenvalue weighted by molar-refractivity contribution is 5.78. The first kappa shape index (κ1) is 16.5. The molecule has 0 aromatic heterocycles. The standard InChI is InChI=1S/C20H22FNO2/c21-18-8-5-15(6-9-18)13-20(23)22-11-12-24-19-10-7-16-3-1-2-4-17(16)14-19/h5-10,14H,1-4,11-13H2,(H,22,23). The van der Waals surface area contributed by atoms with E-state index >= 15 is 0 Å². The summed E-state index contributed by atoms with van der Waals surface area (Å²) in [6, 6.07) is 12.2. The van der Waals surface area contributed by atoms with Gasteiger partial charge in [-0.25, -0.2) is 4.39 Å². The van der Waals surface area contributed by atoms with Gasteiger partial charge in [-0.3, -0.25) is 4.79 Å². The third-order valence-corrected chi connectivity index (χ3v) is 4.29. The molecule has 2 aromatic carbocycles. The zero-order chi connectivity index (χ0) is 16.8. The molecule has 0 radical (unpaired) electrons. The molecule has 1 amide bonds. The second-order valence-electron chi connectivity index (χ2n) is 6.14. The van der Waals surface area contributed by atoms with E-state index < -0.39 is 0 Å². The topological polar surface area (TPSA) is 38.3 Å². The van der Waals surface area contributed by atoms with Gasteiger partial charge in [0.05, 0.1) is 13.0 Å². The Kier molecular flexibility index (Phi) is 5.47. The van der Waals surface area contributed by atoms with Crippen LogP contribution in [0, 0.1) is 5.82 Å². The average molecular weight is 327 g/mol. The molecule has 3 nitrogen and oxygen atoms in total. The summed E-state index contributed by atoms with van der Waals surface area (Å²) in [5.41, 5.74) is 3.62. The second kappa shape index (κ2) is 7.95.